The first-order valence-electron chi connectivity index (χ1n) is 9.15. The molecule has 0 saturated carbocycles. The minimum Gasteiger partial charge on any atom is -0.450 e. The summed E-state index contributed by atoms with van der Waals surface area (Å²) in [4.78, 5) is 28.7. The number of nitrogens with zero attached hydrogens (tertiary/aromatic N) is 5. The molecular weight excluding hydrogens is 360 g/mol. The molecule has 0 aromatic carbocycles. The predicted molar refractivity (Wildman–Crippen MR) is 105 cm³/mol. The number of hydrogen-bond acceptors (Lipinski definition) is 8. The van der Waals surface area contributed by atoms with Crippen molar-refractivity contribution in [2.75, 3.05) is 18.1 Å². The van der Waals surface area contributed by atoms with Crippen molar-refractivity contribution in [1.82, 2.24) is 29.8 Å². The molecular formula is C18H24N8O2. The summed E-state index contributed by atoms with van der Waals surface area (Å²) in [6.07, 6.45) is 5.11. The molecule has 0 aliphatic rings. The summed E-state index contributed by atoms with van der Waals surface area (Å²) in [5, 5.41) is 2.68. The van der Waals surface area contributed by atoms with E-state index in [1.54, 1.807) is 24.7 Å². The monoisotopic (exact) mass is 384 g/mol. The van der Waals surface area contributed by atoms with Crippen molar-refractivity contribution in [1.29, 1.82) is 0 Å². The summed E-state index contributed by atoms with van der Waals surface area (Å²) in [6.45, 7) is 3.36. The number of nitrogen functional groups attached to an aromatic ring is 2. The molecule has 0 unspecified atom stereocenters. The number of hydrogen-bond donors (Lipinski definition) is 3. The fraction of sp³-hybridized carbons (Fsp3) is 0.389. The number of carbonyl (C=O) groups excluding carboxylic acids is 1. The molecule has 5 N–H and O–H groups in total. The lowest BCUT2D eigenvalue weighted by Crippen LogP contribution is -2.24. The van der Waals surface area contributed by atoms with Crippen LogP contribution in [0.4, 0.5) is 16.4 Å². The lowest BCUT2D eigenvalue weighted by molar-refractivity contribution is 0.143. The van der Waals surface area contributed by atoms with Gasteiger partial charge < -0.3 is 26.1 Å². The van der Waals surface area contributed by atoms with Crippen LogP contribution in [0.1, 0.15) is 31.2 Å². The van der Waals surface area contributed by atoms with Gasteiger partial charge in [0.1, 0.15) is 17.2 Å². The Bertz CT molecular complexity index is 939. The summed E-state index contributed by atoms with van der Waals surface area (Å²) in [5.41, 5.74) is 13.7. The molecule has 0 saturated heterocycles. The van der Waals surface area contributed by atoms with Gasteiger partial charge >= 0.3 is 6.09 Å². The van der Waals surface area contributed by atoms with E-state index in [0.29, 0.717) is 49.1 Å². The molecule has 3 aromatic heterocycles. The zero-order valence-corrected chi connectivity index (χ0v) is 15.8. The third-order valence-electron chi connectivity index (χ3n) is 4.16. The van der Waals surface area contributed by atoms with Gasteiger partial charge in [0, 0.05) is 25.7 Å². The highest BCUT2D eigenvalue weighted by atomic mass is 16.5. The molecule has 3 rings (SSSR count). The van der Waals surface area contributed by atoms with E-state index in [1.807, 2.05) is 11.5 Å². The Morgan fingerprint density at radius 2 is 2.07 bits per heavy atom. The standard InChI is InChI=1S/C18H24N8O2/c1-2-14-24-16(20)15-17(25-14)26(11-23-15)7-3-4-8-28-18(27)22-10-12-5-6-13(19)21-9-12/h5-6,9,11H,2-4,7-8,10H2,1H3,(H2,19,21)(H,22,27)(H2,20,24,25). The van der Waals surface area contributed by atoms with E-state index in [0.717, 1.165) is 24.1 Å². The van der Waals surface area contributed by atoms with Gasteiger partial charge in [-0.15, -0.1) is 0 Å². The van der Waals surface area contributed by atoms with E-state index in [2.05, 4.69) is 25.3 Å². The lowest BCUT2D eigenvalue weighted by Gasteiger charge is -2.08. The molecule has 148 valence electrons. The van der Waals surface area contributed by atoms with Crippen LogP contribution in [0.5, 0.6) is 0 Å². The van der Waals surface area contributed by atoms with Gasteiger partial charge in [-0.3, -0.25) is 0 Å². The number of aryl methyl sites for hydroxylation is 2. The van der Waals surface area contributed by atoms with E-state index in [-0.39, 0.29) is 0 Å². The molecule has 0 aliphatic carbocycles. The van der Waals surface area contributed by atoms with Crippen LogP contribution in [0.25, 0.3) is 11.2 Å². The fourth-order valence-corrected chi connectivity index (χ4v) is 2.65. The van der Waals surface area contributed by atoms with Crippen molar-refractivity contribution in [3.8, 4) is 0 Å². The molecule has 0 fully saturated rings. The smallest absolute Gasteiger partial charge is 0.407 e. The van der Waals surface area contributed by atoms with Crippen LogP contribution in [0.15, 0.2) is 24.7 Å². The highest BCUT2D eigenvalue weighted by Crippen LogP contribution is 2.17. The predicted octanol–water partition coefficient (Wildman–Crippen LogP) is 1.65. The summed E-state index contributed by atoms with van der Waals surface area (Å²) in [6, 6.07) is 3.49. The average Bonchev–Trinajstić information content (AvgIpc) is 3.10. The Balaban J connectivity index is 1.40. The summed E-state index contributed by atoms with van der Waals surface area (Å²) in [7, 11) is 0. The van der Waals surface area contributed by atoms with Gasteiger partial charge in [0.2, 0.25) is 0 Å². The number of unbranched alkanes of at least 4 members (excludes halogenated alkanes) is 1. The van der Waals surface area contributed by atoms with Gasteiger partial charge in [-0.25, -0.2) is 24.7 Å². The van der Waals surface area contributed by atoms with E-state index in [9.17, 15) is 4.79 Å². The number of nitrogens with two attached hydrogens (primary N) is 2. The first-order valence-corrected chi connectivity index (χ1v) is 9.15. The molecule has 28 heavy (non-hydrogen) atoms. The number of fused-ring (bicyclic) bond motifs is 1. The number of pyridine rings is 1. The second-order valence-corrected chi connectivity index (χ2v) is 6.28. The lowest BCUT2D eigenvalue weighted by atomic mass is 10.3. The highest BCUT2D eigenvalue weighted by molar-refractivity contribution is 5.81. The SMILES string of the molecule is CCc1nc(N)c2ncn(CCCCOC(=O)NCc3ccc(N)nc3)c2n1. The second kappa shape index (κ2) is 8.98. The van der Waals surface area contributed by atoms with Gasteiger partial charge in [-0.05, 0) is 24.5 Å². The Hall–Kier alpha value is -3.43. The third kappa shape index (κ3) is 4.84. The third-order valence-corrected chi connectivity index (χ3v) is 4.16. The van der Waals surface area contributed by atoms with Crippen molar-refractivity contribution >= 4 is 28.9 Å². The van der Waals surface area contributed by atoms with E-state index >= 15 is 0 Å². The molecule has 10 heteroatoms. The molecule has 0 radical (unpaired) electrons. The minimum absolute atomic E-state index is 0.329. The molecule has 3 aromatic rings. The van der Waals surface area contributed by atoms with E-state index in [4.69, 9.17) is 16.2 Å². The van der Waals surface area contributed by atoms with Crippen LogP contribution in [0.2, 0.25) is 0 Å². The Morgan fingerprint density at radius 3 is 2.82 bits per heavy atom. The van der Waals surface area contributed by atoms with Crippen LogP contribution < -0.4 is 16.8 Å². The average molecular weight is 384 g/mol. The van der Waals surface area contributed by atoms with Crippen LogP contribution in [0, 0.1) is 0 Å². The van der Waals surface area contributed by atoms with Crippen molar-refractivity contribution in [2.24, 2.45) is 0 Å². The van der Waals surface area contributed by atoms with Crippen molar-refractivity contribution < 1.29 is 9.53 Å². The molecule has 3 heterocycles. The maximum absolute atomic E-state index is 11.7. The number of amides is 1. The van der Waals surface area contributed by atoms with E-state index in [1.165, 1.54) is 0 Å². The fourth-order valence-electron chi connectivity index (χ4n) is 2.65. The summed E-state index contributed by atoms with van der Waals surface area (Å²) in [5.74, 6) is 1.54. The highest BCUT2D eigenvalue weighted by Gasteiger charge is 2.10. The van der Waals surface area contributed by atoms with Gasteiger partial charge in [0.15, 0.2) is 11.5 Å². The van der Waals surface area contributed by atoms with Crippen molar-refractivity contribution in [2.45, 2.75) is 39.3 Å². The first kappa shape index (κ1) is 19.3. The van der Waals surface area contributed by atoms with Crippen molar-refractivity contribution in [3.05, 3.63) is 36.0 Å². The number of alkyl carbamates (subject to hydrolysis) is 1. The quantitative estimate of drug-likeness (QED) is 0.497. The number of imidazole rings is 1. The topological polar surface area (TPSA) is 147 Å². The minimum atomic E-state index is -0.460. The maximum atomic E-state index is 11.7. The van der Waals surface area contributed by atoms with Crippen molar-refractivity contribution in [3.63, 3.8) is 0 Å². The largest absolute Gasteiger partial charge is 0.450 e. The summed E-state index contributed by atoms with van der Waals surface area (Å²) >= 11 is 0. The van der Waals surface area contributed by atoms with Crippen LogP contribution in [-0.4, -0.2) is 37.2 Å². The molecule has 0 spiro atoms. The molecule has 0 bridgehead atoms. The normalized spacial score (nSPS) is 10.9. The van der Waals surface area contributed by atoms with Crippen LogP contribution in [-0.2, 0) is 24.2 Å². The number of rotatable bonds is 8. The number of anilines is 2. The van der Waals surface area contributed by atoms with E-state index < -0.39 is 6.09 Å². The number of ether oxygens (including phenoxy) is 1. The Kier molecular flexibility index (Phi) is 6.20. The van der Waals surface area contributed by atoms with Crippen LogP contribution >= 0.6 is 0 Å². The number of nitrogens with one attached hydrogen (secondary N) is 1. The van der Waals surface area contributed by atoms with Crippen LogP contribution in [0.3, 0.4) is 0 Å². The maximum Gasteiger partial charge on any atom is 0.407 e. The van der Waals surface area contributed by atoms with Gasteiger partial charge in [-0.1, -0.05) is 13.0 Å². The number of carbonyl (C=O) groups is 1. The van der Waals surface area contributed by atoms with Gasteiger partial charge in [0.25, 0.3) is 0 Å². The first-order chi connectivity index (χ1) is 13.6. The molecule has 10 nitrogen and oxygen atoms in total. The van der Waals surface area contributed by atoms with Gasteiger partial charge in [0.05, 0.1) is 12.9 Å². The molecule has 1 amide bonds. The molecule has 0 aliphatic heterocycles. The second-order valence-electron chi connectivity index (χ2n) is 6.28. The summed E-state index contributed by atoms with van der Waals surface area (Å²) < 4.78 is 7.13. The Morgan fingerprint density at radius 1 is 1.21 bits per heavy atom. The van der Waals surface area contributed by atoms with Gasteiger partial charge in [-0.2, -0.15) is 0 Å². The Labute approximate surface area is 162 Å². The zero-order valence-electron chi connectivity index (χ0n) is 15.8. The zero-order chi connectivity index (χ0) is 19.9. The molecule has 0 atom stereocenters. The number of aromatic nitrogens is 5.